The van der Waals surface area contributed by atoms with Gasteiger partial charge in [-0.05, 0) is 25.0 Å². The van der Waals surface area contributed by atoms with Crippen LogP contribution in [0.4, 0.5) is 4.79 Å². The first kappa shape index (κ1) is 14.7. The van der Waals surface area contributed by atoms with E-state index in [4.69, 9.17) is 9.26 Å². The third-order valence-electron chi connectivity index (χ3n) is 4.42. The van der Waals surface area contributed by atoms with Gasteiger partial charge in [0, 0.05) is 30.0 Å². The standard InChI is InChI=1S/C16H17N5O3/c1-23-16(22)21-6-4-10(5-7-21)14-18-15(24-20-14)11-2-3-12-9-17-19-13(12)8-11/h2-3,8-10H,4-7H2,1H3,(H,17,19). The van der Waals surface area contributed by atoms with Crippen LogP contribution >= 0.6 is 0 Å². The van der Waals surface area contributed by atoms with E-state index < -0.39 is 0 Å². The van der Waals surface area contributed by atoms with Crippen molar-refractivity contribution < 1.29 is 14.1 Å². The number of amides is 1. The van der Waals surface area contributed by atoms with E-state index in [1.807, 2.05) is 18.2 Å². The zero-order valence-corrected chi connectivity index (χ0v) is 13.2. The number of aromatic nitrogens is 4. The van der Waals surface area contributed by atoms with Crippen LogP contribution in [0.1, 0.15) is 24.6 Å². The molecule has 4 rings (SSSR count). The van der Waals surface area contributed by atoms with E-state index in [2.05, 4.69) is 20.3 Å². The van der Waals surface area contributed by atoms with Crippen LogP contribution in [-0.2, 0) is 4.74 Å². The Morgan fingerprint density at radius 1 is 1.38 bits per heavy atom. The minimum absolute atomic E-state index is 0.194. The Labute approximate surface area is 137 Å². The Kier molecular flexibility index (Phi) is 3.64. The molecule has 3 aromatic rings. The molecule has 8 heteroatoms. The Morgan fingerprint density at radius 3 is 3.00 bits per heavy atom. The molecule has 1 saturated heterocycles. The third kappa shape index (κ3) is 2.60. The third-order valence-corrected chi connectivity index (χ3v) is 4.42. The van der Waals surface area contributed by atoms with E-state index in [0.717, 1.165) is 29.3 Å². The number of fused-ring (bicyclic) bond motifs is 1. The molecule has 0 bridgehead atoms. The van der Waals surface area contributed by atoms with Gasteiger partial charge in [-0.1, -0.05) is 11.2 Å². The van der Waals surface area contributed by atoms with E-state index in [1.165, 1.54) is 7.11 Å². The van der Waals surface area contributed by atoms with Crippen LogP contribution in [0.3, 0.4) is 0 Å². The Balaban J connectivity index is 1.50. The first-order valence-corrected chi connectivity index (χ1v) is 7.84. The van der Waals surface area contributed by atoms with Gasteiger partial charge >= 0.3 is 6.09 Å². The minimum Gasteiger partial charge on any atom is -0.453 e. The second-order valence-electron chi connectivity index (χ2n) is 5.86. The molecule has 1 amide bonds. The van der Waals surface area contributed by atoms with Gasteiger partial charge < -0.3 is 14.2 Å². The highest BCUT2D eigenvalue weighted by Gasteiger charge is 2.27. The van der Waals surface area contributed by atoms with Crippen molar-refractivity contribution >= 4 is 17.0 Å². The monoisotopic (exact) mass is 327 g/mol. The average Bonchev–Trinajstić information content (AvgIpc) is 3.29. The zero-order chi connectivity index (χ0) is 16.5. The molecule has 0 atom stereocenters. The molecule has 1 aromatic carbocycles. The summed E-state index contributed by atoms with van der Waals surface area (Å²) < 4.78 is 10.2. The molecule has 124 valence electrons. The van der Waals surface area contributed by atoms with Gasteiger partial charge in [-0.25, -0.2) is 4.79 Å². The van der Waals surface area contributed by atoms with E-state index in [-0.39, 0.29) is 12.0 Å². The van der Waals surface area contributed by atoms with Crippen molar-refractivity contribution in [3.63, 3.8) is 0 Å². The van der Waals surface area contributed by atoms with Gasteiger partial charge in [-0.3, -0.25) is 5.10 Å². The minimum atomic E-state index is -0.282. The number of piperidine rings is 1. The van der Waals surface area contributed by atoms with E-state index in [9.17, 15) is 4.79 Å². The number of carbonyl (C=O) groups is 1. The largest absolute Gasteiger partial charge is 0.453 e. The number of hydrogen-bond donors (Lipinski definition) is 1. The number of carbonyl (C=O) groups excluding carboxylic acids is 1. The normalized spacial score (nSPS) is 15.8. The second kappa shape index (κ2) is 5.95. The summed E-state index contributed by atoms with van der Waals surface area (Å²) >= 11 is 0. The van der Waals surface area contributed by atoms with Crippen molar-refractivity contribution in [3.05, 3.63) is 30.2 Å². The van der Waals surface area contributed by atoms with Crippen molar-refractivity contribution in [2.45, 2.75) is 18.8 Å². The van der Waals surface area contributed by atoms with Gasteiger partial charge in [-0.15, -0.1) is 0 Å². The predicted molar refractivity (Wildman–Crippen MR) is 85.3 cm³/mol. The fourth-order valence-corrected chi connectivity index (χ4v) is 3.04. The SMILES string of the molecule is COC(=O)N1CCC(c2noc(-c3ccc4cn[nH]c4c3)n2)CC1. The number of likely N-dealkylation sites (tertiary alicyclic amines) is 1. The van der Waals surface area contributed by atoms with Crippen LogP contribution < -0.4 is 0 Å². The molecule has 0 saturated carbocycles. The van der Waals surface area contributed by atoms with Crippen LogP contribution in [0.25, 0.3) is 22.4 Å². The number of benzene rings is 1. The smallest absolute Gasteiger partial charge is 0.409 e. The molecule has 0 spiro atoms. The molecular weight excluding hydrogens is 310 g/mol. The fraction of sp³-hybridized carbons (Fsp3) is 0.375. The number of nitrogens with one attached hydrogen (secondary N) is 1. The predicted octanol–water partition coefficient (Wildman–Crippen LogP) is 2.56. The van der Waals surface area contributed by atoms with Crippen molar-refractivity contribution in [1.82, 2.24) is 25.2 Å². The highest BCUT2D eigenvalue weighted by atomic mass is 16.5. The Bertz CT molecular complexity index is 863. The number of methoxy groups -OCH3 is 1. The van der Waals surface area contributed by atoms with E-state index in [0.29, 0.717) is 24.8 Å². The molecule has 0 aliphatic carbocycles. The number of hydrogen-bond acceptors (Lipinski definition) is 6. The van der Waals surface area contributed by atoms with Crippen LogP contribution in [0.15, 0.2) is 28.9 Å². The van der Waals surface area contributed by atoms with Crippen LogP contribution in [0, 0.1) is 0 Å². The molecule has 24 heavy (non-hydrogen) atoms. The molecule has 1 aliphatic rings. The summed E-state index contributed by atoms with van der Waals surface area (Å²) in [5, 5.41) is 12.1. The molecule has 1 N–H and O–H groups in total. The number of nitrogens with zero attached hydrogens (tertiary/aromatic N) is 4. The van der Waals surface area contributed by atoms with Gasteiger partial charge in [0.25, 0.3) is 5.89 Å². The molecular formula is C16H17N5O3. The number of ether oxygens (including phenoxy) is 1. The molecule has 1 aliphatic heterocycles. The second-order valence-corrected chi connectivity index (χ2v) is 5.86. The van der Waals surface area contributed by atoms with Gasteiger partial charge in [-0.2, -0.15) is 10.1 Å². The Hall–Kier alpha value is -2.90. The maximum Gasteiger partial charge on any atom is 0.409 e. The van der Waals surface area contributed by atoms with Crippen LogP contribution in [0.2, 0.25) is 0 Å². The highest BCUT2D eigenvalue weighted by Crippen LogP contribution is 2.29. The zero-order valence-electron chi connectivity index (χ0n) is 13.2. The van der Waals surface area contributed by atoms with Gasteiger partial charge in [0.2, 0.25) is 0 Å². The molecule has 3 heterocycles. The summed E-state index contributed by atoms with van der Waals surface area (Å²) in [6.45, 7) is 1.28. The lowest BCUT2D eigenvalue weighted by atomic mass is 9.96. The first-order valence-electron chi connectivity index (χ1n) is 7.84. The summed E-state index contributed by atoms with van der Waals surface area (Å²) in [5.74, 6) is 1.38. The molecule has 1 fully saturated rings. The van der Waals surface area contributed by atoms with Gasteiger partial charge in [0.1, 0.15) is 0 Å². The lowest BCUT2D eigenvalue weighted by Crippen LogP contribution is -2.37. The van der Waals surface area contributed by atoms with Gasteiger partial charge in [0.15, 0.2) is 5.82 Å². The molecule has 0 radical (unpaired) electrons. The lowest BCUT2D eigenvalue weighted by molar-refractivity contribution is 0.111. The number of aromatic amines is 1. The van der Waals surface area contributed by atoms with Crippen molar-refractivity contribution in [3.8, 4) is 11.5 Å². The summed E-state index contributed by atoms with van der Waals surface area (Å²) in [6, 6.07) is 5.85. The number of rotatable bonds is 2. The summed E-state index contributed by atoms with van der Waals surface area (Å²) in [4.78, 5) is 17.8. The maximum absolute atomic E-state index is 11.5. The molecule has 8 nitrogen and oxygen atoms in total. The Morgan fingerprint density at radius 2 is 2.21 bits per heavy atom. The van der Waals surface area contributed by atoms with Crippen molar-refractivity contribution in [2.75, 3.05) is 20.2 Å². The summed E-state index contributed by atoms with van der Waals surface area (Å²) in [6.07, 6.45) is 3.09. The summed E-state index contributed by atoms with van der Waals surface area (Å²) in [7, 11) is 1.40. The lowest BCUT2D eigenvalue weighted by Gasteiger charge is -2.29. The number of H-pyrrole nitrogens is 1. The average molecular weight is 327 g/mol. The van der Waals surface area contributed by atoms with Crippen molar-refractivity contribution in [1.29, 1.82) is 0 Å². The van der Waals surface area contributed by atoms with Crippen LogP contribution in [-0.4, -0.2) is 51.5 Å². The first-order chi connectivity index (χ1) is 11.7. The van der Waals surface area contributed by atoms with Crippen molar-refractivity contribution in [2.24, 2.45) is 0 Å². The topological polar surface area (TPSA) is 97.1 Å². The van der Waals surface area contributed by atoms with Crippen LogP contribution in [0.5, 0.6) is 0 Å². The maximum atomic E-state index is 11.5. The quantitative estimate of drug-likeness (QED) is 0.777. The van der Waals surface area contributed by atoms with E-state index in [1.54, 1.807) is 11.1 Å². The summed E-state index contributed by atoms with van der Waals surface area (Å²) in [5.41, 5.74) is 1.79. The van der Waals surface area contributed by atoms with E-state index >= 15 is 0 Å². The van der Waals surface area contributed by atoms with Gasteiger partial charge in [0.05, 0.1) is 18.8 Å². The highest BCUT2D eigenvalue weighted by molar-refractivity contribution is 5.82. The molecule has 2 aromatic heterocycles. The fourth-order valence-electron chi connectivity index (χ4n) is 3.04. The molecule has 0 unspecified atom stereocenters.